The summed E-state index contributed by atoms with van der Waals surface area (Å²) in [5.74, 6) is -0.506. The van der Waals surface area contributed by atoms with Gasteiger partial charge in [-0.15, -0.1) is 0 Å². The number of methoxy groups -OCH3 is 1. The maximum absolute atomic E-state index is 10.8. The molecule has 0 saturated carbocycles. The van der Waals surface area contributed by atoms with Crippen LogP contribution in [-0.4, -0.2) is 18.2 Å². The molecule has 0 fully saturated rings. The molecule has 0 radical (unpaired) electrons. The van der Waals surface area contributed by atoms with Crippen LogP contribution in [-0.2, 0) is 11.2 Å². The molecule has 1 rings (SSSR count). The van der Waals surface area contributed by atoms with Gasteiger partial charge in [0.1, 0.15) is 11.8 Å². The second kappa shape index (κ2) is 5.18. The smallest absolute Gasteiger partial charge is 0.325 e. The number of aliphatic carboxylic acids is 1. The van der Waals surface area contributed by atoms with Gasteiger partial charge in [-0.3, -0.25) is 4.79 Å². The summed E-state index contributed by atoms with van der Waals surface area (Å²) in [6, 6.07) is 2.18. The highest BCUT2D eigenvalue weighted by atomic mass is 35.5. The van der Waals surface area contributed by atoms with Crippen LogP contribution in [0.3, 0.4) is 0 Å². The average molecular weight is 244 g/mol. The third kappa shape index (κ3) is 2.46. The fraction of sp³-hybridized carbons (Fsp3) is 0.364. The Morgan fingerprint density at radius 3 is 2.69 bits per heavy atom. The van der Waals surface area contributed by atoms with Crippen molar-refractivity contribution >= 4 is 17.6 Å². The van der Waals surface area contributed by atoms with Gasteiger partial charge >= 0.3 is 5.97 Å². The van der Waals surface area contributed by atoms with E-state index in [0.29, 0.717) is 22.8 Å². The molecule has 0 aliphatic heterocycles. The second-order valence-corrected chi connectivity index (χ2v) is 3.77. The summed E-state index contributed by atoms with van der Waals surface area (Å²) in [5, 5.41) is 9.20. The molecule has 0 aliphatic rings. The molecule has 1 unspecified atom stereocenters. The fourth-order valence-electron chi connectivity index (χ4n) is 1.49. The molecule has 0 heterocycles. The maximum Gasteiger partial charge on any atom is 0.325 e. The highest BCUT2D eigenvalue weighted by Gasteiger charge is 2.18. The summed E-state index contributed by atoms with van der Waals surface area (Å²) < 4.78 is 5.14. The Morgan fingerprint density at radius 1 is 1.62 bits per heavy atom. The minimum Gasteiger partial charge on any atom is -0.495 e. The van der Waals surface area contributed by atoms with E-state index in [0.717, 1.165) is 5.56 Å². The molecule has 0 bridgehead atoms. The summed E-state index contributed by atoms with van der Waals surface area (Å²) in [5.41, 5.74) is 6.85. The molecule has 1 aromatic carbocycles. The third-order valence-electron chi connectivity index (χ3n) is 2.35. The lowest BCUT2D eigenvalue weighted by atomic mass is 10.0. The number of halogens is 1. The van der Waals surface area contributed by atoms with Gasteiger partial charge in [-0.05, 0) is 29.7 Å². The molecule has 88 valence electrons. The van der Waals surface area contributed by atoms with Crippen molar-refractivity contribution in [3.63, 3.8) is 0 Å². The molecule has 0 aliphatic carbocycles. The molecule has 1 atom stereocenters. The zero-order valence-corrected chi connectivity index (χ0v) is 9.91. The maximum atomic E-state index is 10.8. The van der Waals surface area contributed by atoms with Crippen molar-refractivity contribution in [3.05, 3.63) is 28.3 Å². The Bertz CT molecular complexity index is 406. The molecular weight excluding hydrogens is 230 g/mol. The van der Waals surface area contributed by atoms with Gasteiger partial charge in [-0.2, -0.15) is 0 Å². The van der Waals surface area contributed by atoms with Gasteiger partial charge in [0.25, 0.3) is 0 Å². The van der Waals surface area contributed by atoms with Crippen LogP contribution >= 0.6 is 11.6 Å². The Morgan fingerprint density at radius 2 is 2.25 bits per heavy atom. The number of hydrogen-bond donors (Lipinski definition) is 2. The monoisotopic (exact) mass is 243 g/mol. The van der Waals surface area contributed by atoms with Crippen LogP contribution in [0.4, 0.5) is 0 Å². The quantitative estimate of drug-likeness (QED) is 0.848. The lowest BCUT2D eigenvalue weighted by Crippen LogP contribution is -2.20. The van der Waals surface area contributed by atoms with Crippen LogP contribution in [0.25, 0.3) is 0 Å². The van der Waals surface area contributed by atoms with Crippen molar-refractivity contribution < 1.29 is 14.6 Å². The molecule has 16 heavy (non-hydrogen) atoms. The van der Waals surface area contributed by atoms with E-state index in [2.05, 4.69) is 0 Å². The number of nitrogens with two attached hydrogens (primary N) is 1. The van der Waals surface area contributed by atoms with Gasteiger partial charge in [0.05, 0.1) is 12.1 Å². The van der Waals surface area contributed by atoms with E-state index in [-0.39, 0.29) is 0 Å². The van der Waals surface area contributed by atoms with Crippen LogP contribution in [0, 0.1) is 0 Å². The van der Waals surface area contributed by atoms with Crippen LogP contribution in [0.1, 0.15) is 24.1 Å². The van der Waals surface area contributed by atoms with Gasteiger partial charge in [0, 0.05) is 0 Å². The lowest BCUT2D eigenvalue weighted by Gasteiger charge is -2.13. The number of carbonyl (C=O) groups is 1. The standard InChI is InChI=1S/C11H14ClNO3/c1-3-6-4-7(9(13)11(14)15)5-8(12)10(6)16-2/h4-5,9H,3,13H2,1-2H3,(H,14,15). The highest BCUT2D eigenvalue weighted by Crippen LogP contribution is 2.32. The number of hydrogen-bond acceptors (Lipinski definition) is 3. The Hall–Kier alpha value is -1.26. The topological polar surface area (TPSA) is 72.6 Å². The minimum atomic E-state index is -1.08. The lowest BCUT2D eigenvalue weighted by molar-refractivity contribution is -0.138. The summed E-state index contributed by atoms with van der Waals surface area (Å²) in [6.45, 7) is 1.93. The van der Waals surface area contributed by atoms with Gasteiger partial charge in [-0.25, -0.2) is 0 Å². The Balaban J connectivity index is 3.25. The molecular formula is C11H14ClNO3. The fourth-order valence-corrected chi connectivity index (χ4v) is 1.81. The first-order valence-electron chi connectivity index (χ1n) is 4.86. The first-order chi connectivity index (χ1) is 7.51. The molecule has 5 heteroatoms. The Kier molecular flexibility index (Phi) is 4.15. The van der Waals surface area contributed by atoms with E-state index in [9.17, 15) is 4.79 Å². The molecule has 0 aromatic heterocycles. The summed E-state index contributed by atoms with van der Waals surface area (Å²) in [6.07, 6.45) is 0.697. The molecule has 4 nitrogen and oxygen atoms in total. The number of ether oxygens (including phenoxy) is 1. The van der Waals surface area contributed by atoms with Crippen molar-refractivity contribution in [2.45, 2.75) is 19.4 Å². The number of rotatable bonds is 4. The summed E-state index contributed by atoms with van der Waals surface area (Å²) in [7, 11) is 1.52. The van der Waals surface area contributed by atoms with Crippen molar-refractivity contribution in [3.8, 4) is 5.75 Å². The van der Waals surface area contributed by atoms with E-state index in [4.69, 9.17) is 27.2 Å². The van der Waals surface area contributed by atoms with Gasteiger partial charge in [-0.1, -0.05) is 18.5 Å². The normalized spacial score (nSPS) is 12.2. The van der Waals surface area contributed by atoms with Crippen molar-refractivity contribution in [2.75, 3.05) is 7.11 Å². The van der Waals surface area contributed by atoms with Crippen molar-refractivity contribution in [2.24, 2.45) is 5.73 Å². The van der Waals surface area contributed by atoms with Crippen LogP contribution in [0.2, 0.25) is 5.02 Å². The summed E-state index contributed by atoms with van der Waals surface area (Å²) >= 11 is 5.99. The van der Waals surface area contributed by atoms with Gasteiger partial charge < -0.3 is 15.6 Å². The predicted molar refractivity (Wildman–Crippen MR) is 61.9 cm³/mol. The second-order valence-electron chi connectivity index (χ2n) is 3.36. The number of benzene rings is 1. The SMILES string of the molecule is CCc1cc(C(N)C(=O)O)cc(Cl)c1OC. The van der Waals surface area contributed by atoms with Crippen LogP contribution in [0.5, 0.6) is 5.75 Å². The largest absolute Gasteiger partial charge is 0.495 e. The van der Waals surface area contributed by atoms with Gasteiger partial charge in [0.2, 0.25) is 0 Å². The molecule has 0 spiro atoms. The third-order valence-corrected chi connectivity index (χ3v) is 2.63. The van der Waals surface area contributed by atoms with E-state index in [1.54, 1.807) is 6.07 Å². The van der Waals surface area contributed by atoms with Crippen molar-refractivity contribution in [1.29, 1.82) is 0 Å². The minimum absolute atomic E-state index is 0.383. The van der Waals surface area contributed by atoms with E-state index in [1.165, 1.54) is 13.2 Å². The van der Waals surface area contributed by atoms with E-state index < -0.39 is 12.0 Å². The van der Waals surface area contributed by atoms with E-state index >= 15 is 0 Å². The number of carboxylic acids is 1. The van der Waals surface area contributed by atoms with Crippen LogP contribution in [0.15, 0.2) is 12.1 Å². The number of carboxylic acid groups (broad SMARTS) is 1. The molecule has 0 amide bonds. The van der Waals surface area contributed by atoms with E-state index in [1.807, 2.05) is 6.92 Å². The first kappa shape index (κ1) is 12.8. The predicted octanol–water partition coefficient (Wildman–Crippen LogP) is 2.00. The molecule has 1 aromatic rings. The molecule has 0 saturated heterocycles. The first-order valence-corrected chi connectivity index (χ1v) is 5.23. The zero-order valence-electron chi connectivity index (χ0n) is 9.16. The molecule has 3 N–H and O–H groups in total. The van der Waals surface area contributed by atoms with Gasteiger partial charge in [0.15, 0.2) is 0 Å². The average Bonchev–Trinajstić information content (AvgIpc) is 2.26. The van der Waals surface area contributed by atoms with Crippen LogP contribution < -0.4 is 10.5 Å². The summed E-state index contributed by atoms with van der Waals surface area (Å²) in [4.78, 5) is 10.8. The Labute approximate surface area is 99.0 Å². The zero-order chi connectivity index (χ0) is 12.3. The van der Waals surface area contributed by atoms with Crippen molar-refractivity contribution in [1.82, 2.24) is 0 Å². The number of aryl methyl sites for hydroxylation is 1. The highest BCUT2D eigenvalue weighted by molar-refractivity contribution is 6.32.